The lowest BCUT2D eigenvalue weighted by atomic mass is 9.96. The number of carbonyl (C=O) groups excluding carboxylic acids is 1. The van der Waals surface area contributed by atoms with Gasteiger partial charge in [0, 0.05) is 6.54 Å². The van der Waals surface area contributed by atoms with Gasteiger partial charge in [0.1, 0.15) is 11.3 Å². The largest absolute Gasteiger partial charge is 0.496 e. The monoisotopic (exact) mass is 489 g/mol. The third kappa shape index (κ3) is 5.25. The minimum atomic E-state index is -0.414. The van der Waals surface area contributed by atoms with E-state index in [1.807, 2.05) is 19.1 Å². The Morgan fingerprint density at radius 3 is 2.74 bits per heavy atom. The highest BCUT2D eigenvalue weighted by atomic mass is 127. The van der Waals surface area contributed by atoms with Crippen LogP contribution < -0.4 is 15.4 Å². The van der Waals surface area contributed by atoms with Crippen molar-refractivity contribution in [1.29, 1.82) is 0 Å². The molecule has 150 valence electrons. The van der Waals surface area contributed by atoms with Gasteiger partial charge in [-0.3, -0.25) is 0 Å². The van der Waals surface area contributed by atoms with Gasteiger partial charge in [-0.15, -0.1) is 24.0 Å². The van der Waals surface area contributed by atoms with Crippen LogP contribution in [0.15, 0.2) is 23.2 Å². The third-order valence-corrected chi connectivity index (χ3v) is 4.86. The number of halogens is 1. The summed E-state index contributed by atoms with van der Waals surface area (Å²) in [7, 11) is 2.89. The molecule has 0 saturated carbocycles. The summed E-state index contributed by atoms with van der Waals surface area (Å²) >= 11 is 0. The Balaban J connectivity index is 0.00000261. The Hall–Kier alpha value is -1.55. The molecule has 0 amide bonds. The smallest absolute Gasteiger partial charge is 0.341 e. The van der Waals surface area contributed by atoms with Crippen LogP contribution in [-0.2, 0) is 16.0 Å². The summed E-state index contributed by atoms with van der Waals surface area (Å²) in [6, 6.07) is 5.71. The van der Waals surface area contributed by atoms with E-state index in [0.29, 0.717) is 36.1 Å². The number of aliphatic imine (C=N–C) groups is 1. The van der Waals surface area contributed by atoms with Crippen LogP contribution in [0.2, 0.25) is 0 Å². The average Bonchev–Trinajstić information content (AvgIpc) is 3.28. The molecule has 3 unspecified atom stereocenters. The summed E-state index contributed by atoms with van der Waals surface area (Å²) in [6.07, 6.45) is 4.02. The first-order valence-electron chi connectivity index (χ1n) is 9.10. The van der Waals surface area contributed by atoms with Crippen molar-refractivity contribution in [2.45, 2.75) is 51.0 Å². The van der Waals surface area contributed by atoms with Crippen molar-refractivity contribution in [3.05, 3.63) is 29.3 Å². The van der Waals surface area contributed by atoms with Gasteiger partial charge >= 0.3 is 5.97 Å². The number of nitrogens with zero attached hydrogens (tertiary/aromatic N) is 1. The minimum Gasteiger partial charge on any atom is -0.496 e. The number of nitrogens with one attached hydrogen (secondary N) is 2. The van der Waals surface area contributed by atoms with Gasteiger partial charge in [0.25, 0.3) is 0 Å². The van der Waals surface area contributed by atoms with Crippen LogP contribution in [0.25, 0.3) is 0 Å². The van der Waals surface area contributed by atoms with E-state index in [-0.39, 0.29) is 24.0 Å². The van der Waals surface area contributed by atoms with Crippen molar-refractivity contribution in [2.75, 3.05) is 20.8 Å². The second kappa shape index (κ2) is 10.1. The number of hydrogen-bond acceptors (Lipinski definition) is 5. The van der Waals surface area contributed by atoms with Crippen LogP contribution in [0.3, 0.4) is 0 Å². The maximum atomic E-state index is 11.8. The molecular weight excluding hydrogens is 461 g/mol. The summed E-state index contributed by atoms with van der Waals surface area (Å²) in [5.74, 6) is 0.858. The molecule has 8 heteroatoms. The molecule has 7 nitrogen and oxygen atoms in total. The minimum absolute atomic E-state index is 0. The number of esters is 1. The number of hydrogen-bond donors (Lipinski definition) is 2. The van der Waals surface area contributed by atoms with E-state index in [2.05, 4.69) is 15.6 Å². The van der Waals surface area contributed by atoms with E-state index in [0.717, 1.165) is 30.9 Å². The van der Waals surface area contributed by atoms with Gasteiger partial charge in [-0.25, -0.2) is 9.79 Å². The summed E-state index contributed by atoms with van der Waals surface area (Å²) in [4.78, 5) is 16.4. The van der Waals surface area contributed by atoms with Crippen LogP contribution in [0.4, 0.5) is 0 Å². The molecule has 2 fully saturated rings. The standard InChI is InChI=1S/C19H27N3O4.HI/c1-4-20-19(22-15-10-13-6-8-16(15)26-13)21-11-12-5-7-14(18(23)25-3)17(9-12)24-2;/h5,7,9,13,15-16H,4,6,8,10-11H2,1-3H3,(H2,20,21,22);1H. The van der Waals surface area contributed by atoms with Crippen molar-refractivity contribution < 1.29 is 19.0 Å². The Kier molecular flexibility index (Phi) is 8.15. The molecule has 1 aromatic carbocycles. The maximum Gasteiger partial charge on any atom is 0.341 e. The molecule has 1 aromatic rings. The number of rotatable bonds is 6. The molecule has 2 aliphatic heterocycles. The number of ether oxygens (including phenoxy) is 3. The van der Waals surface area contributed by atoms with Gasteiger partial charge in [-0.2, -0.15) is 0 Å². The van der Waals surface area contributed by atoms with Gasteiger partial charge in [0.05, 0.1) is 39.0 Å². The van der Waals surface area contributed by atoms with Gasteiger partial charge in [-0.05, 0) is 43.9 Å². The molecule has 2 aliphatic rings. The summed E-state index contributed by atoms with van der Waals surface area (Å²) < 4.78 is 16.0. The Morgan fingerprint density at radius 1 is 1.33 bits per heavy atom. The zero-order valence-corrected chi connectivity index (χ0v) is 18.3. The first-order valence-corrected chi connectivity index (χ1v) is 9.10. The molecular formula is C19H28IN3O4. The molecule has 0 radical (unpaired) electrons. The third-order valence-electron chi connectivity index (χ3n) is 4.86. The van der Waals surface area contributed by atoms with E-state index in [9.17, 15) is 4.79 Å². The number of guanidine groups is 1. The predicted molar refractivity (Wildman–Crippen MR) is 114 cm³/mol. The van der Waals surface area contributed by atoms with Gasteiger partial charge in [0.2, 0.25) is 0 Å². The molecule has 2 heterocycles. The highest BCUT2D eigenvalue weighted by Gasteiger charge is 2.41. The Bertz CT molecular complexity index is 683. The number of benzene rings is 1. The lowest BCUT2D eigenvalue weighted by Gasteiger charge is -2.22. The van der Waals surface area contributed by atoms with E-state index in [1.54, 1.807) is 6.07 Å². The second-order valence-corrected chi connectivity index (χ2v) is 6.58. The second-order valence-electron chi connectivity index (χ2n) is 6.58. The molecule has 0 spiro atoms. The maximum absolute atomic E-state index is 11.8. The van der Waals surface area contributed by atoms with Crippen molar-refractivity contribution >= 4 is 35.9 Å². The van der Waals surface area contributed by atoms with E-state index >= 15 is 0 Å². The molecule has 0 aliphatic carbocycles. The quantitative estimate of drug-likeness (QED) is 0.277. The first kappa shape index (κ1) is 21.7. The molecule has 3 atom stereocenters. The fraction of sp³-hybridized carbons (Fsp3) is 0.579. The number of carbonyl (C=O) groups is 1. The highest BCUT2D eigenvalue weighted by Crippen LogP contribution is 2.34. The predicted octanol–water partition coefficient (Wildman–Crippen LogP) is 2.47. The van der Waals surface area contributed by atoms with E-state index < -0.39 is 5.97 Å². The SMILES string of the molecule is CCNC(=NCc1ccc(C(=O)OC)c(OC)c1)NC1CC2CCC1O2.I. The highest BCUT2D eigenvalue weighted by molar-refractivity contribution is 14.0. The van der Waals surface area contributed by atoms with Crippen LogP contribution in [0, 0.1) is 0 Å². The average molecular weight is 489 g/mol. The Morgan fingerprint density at radius 2 is 2.15 bits per heavy atom. The summed E-state index contributed by atoms with van der Waals surface area (Å²) in [6.45, 7) is 3.32. The zero-order valence-electron chi connectivity index (χ0n) is 16.0. The summed E-state index contributed by atoms with van der Waals surface area (Å²) in [5, 5.41) is 6.78. The molecule has 3 rings (SSSR count). The fourth-order valence-electron chi connectivity index (χ4n) is 3.57. The van der Waals surface area contributed by atoms with Crippen LogP contribution in [-0.4, -0.2) is 50.9 Å². The van der Waals surface area contributed by atoms with Crippen LogP contribution >= 0.6 is 24.0 Å². The van der Waals surface area contributed by atoms with Gasteiger partial charge in [-0.1, -0.05) is 6.07 Å². The number of methoxy groups -OCH3 is 2. The van der Waals surface area contributed by atoms with E-state index in [1.165, 1.54) is 20.6 Å². The molecule has 2 saturated heterocycles. The van der Waals surface area contributed by atoms with Gasteiger partial charge < -0.3 is 24.8 Å². The van der Waals surface area contributed by atoms with Crippen molar-refractivity contribution in [1.82, 2.24) is 10.6 Å². The van der Waals surface area contributed by atoms with Crippen LogP contribution in [0.1, 0.15) is 42.1 Å². The van der Waals surface area contributed by atoms with Crippen LogP contribution in [0.5, 0.6) is 5.75 Å². The van der Waals surface area contributed by atoms with Crippen molar-refractivity contribution in [3.63, 3.8) is 0 Å². The first-order chi connectivity index (χ1) is 12.6. The summed E-state index contributed by atoms with van der Waals surface area (Å²) in [5.41, 5.74) is 1.36. The van der Waals surface area contributed by atoms with Crippen molar-refractivity contribution in [3.8, 4) is 5.75 Å². The molecule has 0 aromatic heterocycles. The lowest BCUT2D eigenvalue weighted by Crippen LogP contribution is -2.47. The fourth-order valence-corrected chi connectivity index (χ4v) is 3.57. The van der Waals surface area contributed by atoms with E-state index in [4.69, 9.17) is 14.2 Å². The normalized spacial score (nSPS) is 23.5. The topological polar surface area (TPSA) is 81.2 Å². The van der Waals surface area contributed by atoms with Crippen molar-refractivity contribution in [2.24, 2.45) is 4.99 Å². The zero-order chi connectivity index (χ0) is 18.5. The molecule has 27 heavy (non-hydrogen) atoms. The van der Waals surface area contributed by atoms with Gasteiger partial charge in [0.15, 0.2) is 5.96 Å². The molecule has 2 N–H and O–H groups in total. The molecule has 2 bridgehead atoms. The number of fused-ring (bicyclic) bond motifs is 2. The lowest BCUT2D eigenvalue weighted by molar-refractivity contribution is 0.0597. The Labute approximate surface area is 177 Å².